The topological polar surface area (TPSA) is 49.4 Å². The molecule has 0 fully saturated rings. The number of halogens is 1. The molecule has 25 heavy (non-hydrogen) atoms. The van der Waals surface area contributed by atoms with Gasteiger partial charge in [0, 0.05) is 13.5 Å². The summed E-state index contributed by atoms with van der Waals surface area (Å²) in [6.07, 6.45) is 7.95. The summed E-state index contributed by atoms with van der Waals surface area (Å²) in [6.45, 7) is 5.90. The zero-order valence-electron chi connectivity index (χ0n) is 15.3. The third kappa shape index (κ3) is 5.60. The normalized spacial score (nSPS) is 14.0. The molecule has 2 rings (SSSR count). The van der Waals surface area contributed by atoms with Crippen molar-refractivity contribution >= 4 is 29.1 Å². The van der Waals surface area contributed by atoms with E-state index in [4.69, 9.17) is 11.6 Å². The highest BCUT2D eigenvalue weighted by Gasteiger charge is 2.20. The van der Waals surface area contributed by atoms with E-state index < -0.39 is 0 Å². The second-order valence-electron chi connectivity index (χ2n) is 6.73. The zero-order valence-corrected chi connectivity index (χ0v) is 16.1. The van der Waals surface area contributed by atoms with E-state index in [1.165, 1.54) is 30.2 Å². The van der Waals surface area contributed by atoms with Crippen LogP contribution >= 0.6 is 11.6 Å². The van der Waals surface area contributed by atoms with Crippen LogP contribution in [0.4, 0.5) is 5.69 Å². The van der Waals surface area contributed by atoms with Gasteiger partial charge in [-0.3, -0.25) is 9.59 Å². The van der Waals surface area contributed by atoms with Crippen LogP contribution in [-0.4, -0.2) is 24.9 Å². The third-order valence-corrected chi connectivity index (χ3v) is 4.79. The fourth-order valence-corrected chi connectivity index (χ4v) is 3.71. The molecule has 1 aliphatic carbocycles. The average Bonchev–Trinajstić information content (AvgIpc) is 2.54. The van der Waals surface area contributed by atoms with Crippen molar-refractivity contribution in [3.63, 3.8) is 0 Å². The van der Waals surface area contributed by atoms with Gasteiger partial charge in [-0.2, -0.15) is 0 Å². The highest BCUT2D eigenvalue weighted by atomic mass is 35.5. The fraction of sp³-hybridized carbons (Fsp3) is 0.500. The van der Waals surface area contributed by atoms with Crippen LogP contribution in [0.5, 0.6) is 0 Å². The number of amides is 2. The summed E-state index contributed by atoms with van der Waals surface area (Å²) in [5.41, 5.74) is 3.96. The summed E-state index contributed by atoms with van der Waals surface area (Å²) in [6, 6.07) is 3.78. The third-order valence-electron chi connectivity index (χ3n) is 4.50. The fourth-order valence-electron chi connectivity index (χ4n) is 3.29. The van der Waals surface area contributed by atoms with Crippen molar-refractivity contribution in [1.82, 2.24) is 5.32 Å². The molecule has 0 unspecified atom stereocenters. The monoisotopic (exact) mass is 362 g/mol. The quantitative estimate of drug-likeness (QED) is 0.766. The number of rotatable bonds is 6. The van der Waals surface area contributed by atoms with Crippen molar-refractivity contribution in [1.29, 1.82) is 0 Å². The first-order valence-electron chi connectivity index (χ1n) is 8.88. The van der Waals surface area contributed by atoms with E-state index in [1.807, 2.05) is 26.0 Å². The zero-order chi connectivity index (χ0) is 18.4. The van der Waals surface area contributed by atoms with E-state index >= 15 is 0 Å². The number of carbonyl (C=O) groups excluding carboxylic acids is 2. The van der Waals surface area contributed by atoms with Gasteiger partial charge in [-0.25, -0.2) is 0 Å². The largest absolute Gasteiger partial charge is 0.354 e. The molecule has 0 saturated heterocycles. The summed E-state index contributed by atoms with van der Waals surface area (Å²) < 4.78 is 0. The second-order valence-corrected chi connectivity index (χ2v) is 7.13. The van der Waals surface area contributed by atoms with E-state index in [-0.39, 0.29) is 18.4 Å². The van der Waals surface area contributed by atoms with Crippen LogP contribution < -0.4 is 10.2 Å². The number of anilines is 1. The maximum Gasteiger partial charge on any atom is 0.240 e. The van der Waals surface area contributed by atoms with Crippen LogP contribution in [0, 0.1) is 13.8 Å². The summed E-state index contributed by atoms with van der Waals surface area (Å²) in [4.78, 5) is 25.8. The van der Waals surface area contributed by atoms with Crippen LogP contribution in [0.1, 0.15) is 50.2 Å². The molecule has 1 aliphatic rings. The highest BCUT2D eigenvalue weighted by molar-refractivity contribution is 6.34. The lowest BCUT2D eigenvalue weighted by Gasteiger charge is -2.24. The van der Waals surface area contributed by atoms with Crippen molar-refractivity contribution < 1.29 is 9.59 Å². The van der Waals surface area contributed by atoms with Crippen LogP contribution in [0.15, 0.2) is 23.8 Å². The molecular formula is C20H27ClN2O2. The summed E-state index contributed by atoms with van der Waals surface area (Å²) in [5, 5.41) is 3.41. The Morgan fingerprint density at radius 1 is 1.24 bits per heavy atom. The van der Waals surface area contributed by atoms with Gasteiger partial charge in [0.05, 0.1) is 10.7 Å². The van der Waals surface area contributed by atoms with Gasteiger partial charge in [0.15, 0.2) is 0 Å². The number of nitrogens with one attached hydrogen (secondary N) is 1. The minimum atomic E-state index is -0.195. The smallest absolute Gasteiger partial charge is 0.240 e. The molecule has 0 spiro atoms. The number of hydrogen-bond donors (Lipinski definition) is 1. The van der Waals surface area contributed by atoms with Gasteiger partial charge in [-0.05, 0) is 63.1 Å². The molecule has 4 nitrogen and oxygen atoms in total. The predicted molar refractivity (Wildman–Crippen MR) is 103 cm³/mol. The Balaban J connectivity index is 1.98. The first kappa shape index (κ1) is 19.5. The van der Waals surface area contributed by atoms with Crippen molar-refractivity contribution in [3.05, 3.63) is 39.9 Å². The Labute approximate surface area is 155 Å². The van der Waals surface area contributed by atoms with Gasteiger partial charge in [-0.15, -0.1) is 0 Å². The van der Waals surface area contributed by atoms with Gasteiger partial charge in [0.1, 0.15) is 6.54 Å². The van der Waals surface area contributed by atoms with Crippen LogP contribution in [0.3, 0.4) is 0 Å². The number of hydrogen-bond acceptors (Lipinski definition) is 2. The SMILES string of the molecule is CC(=O)N(CC(=O)NCCC1=CCCCC1)c1c(C)cc(C)cc1Cl. The number of allylic oxidation sites excluding steroid dienone is 1. The predicted octanol–water partition coefficient (Wildman–Crippen LogP) is 4.32. The van der Waals surface area contributed by atoms with E-state index in [9.17, 15) is 9.59 Å². The van der Waals surface area contributed by atoms with Gasteiger partial charge < -0.3 is 10.2 Å². The lowest BCUT2D eigenvalue weighted by atomic mass is 9.97. The van der Waals surface area contributed by atoms with E-state index in [2.05, 4.69) is 11.4 Å². The average molecular weight is 363 g/mol. The molecule has 0 radical (unpaired) electrons. The second kappa shape index (κ2) is 9.04. The van der Waals surface area contributed by atoms with E-state index in [1.54, 1.807) is 0 Å². The van der Waals surface area contributed by atoms with E-state index in [0.29, 0.717) is 17.3 Å². The molecule has 1 aromatic rings. The van der Waals surface area contributed by atoms with Crippen molar-refractivity contribution in [2.24, 2.45) is 0 Å². The summed E-state index contributed by atoms with van der Waals surface area (Å²) in [5.74, 6) is -0.360. The Kier molecular flexibility index (Phi) is 7.06. The molecule has 2 amide bonds. The molecule has 0 aromatic heterocycles. The Morgan fingerprint density at radius 2 is 2.00 bits per heavy atom. The number of carbonyl (C=O) groups is 2. The molecule has 0 atom stereocenters. The first-order valence-corrected chi connectivity index (χ1v) is 9.25. The molecule has 1 N–H and O–H groups in total. The number of nitrogens with zero attached hydrogens (tertiary/aromatic N) is 1. The maximum atomic E-state index is 12.3. The van der Waals surface area contributed by atoms with Crippen molar-refractivity contribution in [3.8, 4) is 0 Å². The standard InChI is InChI=1S/C20H27ClN2O2/c1-14-11-15(2)20(18(21)12-14)23(16(3)24)13-19(25)22-10-9-17-7-5-4-6-8-17/h7,11-12H,4-6,8-10,13H2,1-3H3,(H,22,25). The lowest BCUT2D eigenvalue weighted by molar-refractivity contribution is -0.123. The Bertz CT molecular complexity index is 659. The molecule has 0 aliphatic heterocycles. The lowest BCUT2D eigenvalue weighted by Crippen LogP contribution is -2.40. The van der Waals surface area contributed by atoms with Crippen LogP contribution in [0.2, 0.25) is 5.02 Å². The van der Waals surface area contributed by atoms with Gasteiger partial charge in [0.25, 0.3) is 0 Å². The number of benzene rings is 1. The van der Waals surface area contributed by atoms with Crippen molar-refractivity contribution in [2.45, 2.75) is 52.9 Å². The molecule has 0 heterocycles. The summed E-state index contributed by atoms with van der Waals surface area (Å²) >= 11 is 6.33. The molecule has 0 bridgehead atoms. The van der Waals surface area contributed by atoms with Gasteiger partial charge in [0.2, 0.25) is 11.8 Å². The number of aryl methyl sites for hydroxylation is 2. The Hall–Kier alpha value is -1.81. The van der Waals surface area contributed by atoms with Crippen molar-refractivity contribution in [2.75, 3.05) is 18.0 Å². The van der Waals surface area contributed by atoms with Crippen LogP contribution in [0.25, 0.3) is 0 Å². The van der Waals surface area contributed by atoms with E-state index in [0.717, 1.165) is 30.4 Å². The molecule has 136 valence electrons. The Morgan fingerprint density at radius 3 is 2.60 bits per heavy atom. The molecule has 5 heteroatoms. The molecule has 1 aromatic carbocycles. The highest BCUT2D eigenvalue weighted by Crippen LogP contribution is 2.31. The minimum absolute atomic E-state index is 0.0159. The first-order chi connectivity index (χ1) is 11.9. The minimum Gasteiger partial charge on any atom is -0.354 e. The van der Waals surface area contributed by atoms with Gasteiger partial charge in [-0.1, -0.05) is 29.3 Å². The molecule has 0 saturated carbocycles. The van der Waals surface area contributed by atoms with Gasteiger partial charge >= 0.3 is 0 Å². The molecular weight excluding hydrogens is 336 g/mol. The maximum absolute atomic E-state index is 12.3. The summed E-state index contributed by atoms with van der Waals surface area (Å²) in [7, 11) is 0. The van der Waals surface area contributed by atoms with Crippen LogP contribution in [-0.2, 0) is 9.59 Å².